The quantitative estimate of drug-likeness (QED) is 0.862. The molecule has 2 heterocycles. The van der Waals surface area contributed by atoms with Crippen LogP contribution in [0.3, 0.4) is 0 Å². The van der Waals surface area contributed by atoms with E-state index in [1.165, 1.54) is 0 Å². The van der Waals surface area contributed by atoms with Crippen LogP contribution in [-0.4, -0.2) is 28.6 Å². The summed E-state index contributed by atoms with van der Waals surface area (Å²) in [4.78, 5) is 13.5. The fourth-order valence-corrected chi connectivity index (χ4v) is 2.23. The summed E-state index contributed by atoms with van der Waals surface area (Å²) >= 11 is 3.54. The molecule has 0 bridgehead atoms. The molecule has 0 unspecified atom stereocenters. The fourth-order valence-electron chi connectivity index (χ4n) is 1.80. The van der Waals surface area contributed by atoms with Gasteiger partial charge in [-0.2, -0.15) is 0 Å². The van der Waals surface area contributed by atoms with Crippen molar-refractivity contribution < 1.29 is 4.74 Å². The minimum atomic E-state index is 0.419. The predicted molar refractivity (Wildman–Crippen MR) is 87.2 cm³/mol. The van der Waals surface area contributed by atoms with Crippen molar-refractivity contribution in [3.63, 3.8) is 0 Å². The van der Waals surface area contributed by atoms with Crippen LogP contribution in [0, 0.1) is 6.92 Å². The van der Waals surface area contributed by atoms with Gasteiger partial charge in [0.1, 0.15) is 11.5 Å². The van der Waals surface area contributed by atoms with Crippen molar-refractivity contribution in [2.45, 2.75) is 26.9 Å². The molecule has 0 fully saturated rings. The van der Waals surface area contributed by atoms with Crippen molar-refractivity contribution in [3.8, 4) is 11.5 Å². The molecule has 0 radical (unpaired) electrons. The van der Waals surface area contributed by atoms with Gasteiger partial charge in [-0.05, 0) is 40.9 Å². The van der Waals surface area contributed by atoms with E-state index in [9.17, 15) is 0 Å². The maximum Gasteiger partial charge on any atom is 0.180 e. The molecule has 1 N–H and O–H groups in total. The zero-order chi connectivity index (χ0) is 15.2. The number of hydrogen-bond donors (Lipinski definition) is 1. The number of methoxy groups -OCH3 is 1. The molecule has 6 heteroatoms. The highest BCUT2D eigenvalue weighted by molar-refractivity contribution is 9.10. The van der Waals surface area contributed by atoms with E-state index in [-0.39, 0.29) is 0 Å². The Hall–Kier alpha value is -1.53. The van der Waals surface area contributed by atoms with Crippen LogP contribution in [0.4, 0.5) is 5.82 Å². The lowest BCUT2D eigenvalue weighted by atomic mass is 10.2. The van der Waals surface area contributed by atoms with Gasteiger partial charge in [0, 0.05) is 19.9 Å². The van der Waals surface area contributed by atoms with Crippen molar-refractivity contribution in [1.82, 2.24) is 15.0 Å². The minimum absolute atomic E-state index is 0.419. The van der Waals surface area contributed by atoms with Gasteiger partial charge in [-0.15, -0.1) is 0 Å². The summed E-state index contributed by atoms with van der Waals surface area (Å²) < 4.78 is 6.05. The number of ether oxygens (including phenoxy) is 1. The van der Waals surface area contributed by atoms with Crippen LogP contribution in [-0.2, 0) is 11.3 Å². The summed E-state index contributed by atoms with van der Waals surface area (Å²) in [6, 6.07) is 3.93. The SMILES string of the molecule is CCCNc1nc(-c2ccc(C)cn2)nc(COC)c1Br. The van der Waals surface area contributed by atoms with Gasteiger partial charge < -0.3 is 10.1 Å². The fraction of sp³-hybridized carbons (Fsp3) is 0.400. The van der Waals surface area contributed by atoms with Crippen LogP contribution in [0.1, 0.15) is 24.6 Å². The van der Waals surface area contributed by atoms with Gasteiger partial charge in [0.2, 0.25) is 0 Å². The molecule has 21 heavy (non-hydrogen) atoms. The summed E-state index contributed by atoms with van der Waals surface area (Å²) in [5.41, 5.74) is 2.67. The van der Waals surface area contributed by atoms with Crippen molar-refractivity contribution in [2.24, 2.45) is 0 Å². The first-order chi connectivity index (χ1) is 10.2. The average molecular weight is 351 g/mol. The second-order valence-corrected chi connectivity index (χ2v) is 5.53. The average Bonchev–Trinajstić information content (AvgIpc) is 2.49. The maximum absolute atomic E-state index is 5.21. The van der Waals surface area contributed by atoms with Crippen molar-refractivity contribution in [2.75, 3.05) is 19.0 Å². The van der Waals surface area contributed by atoms with E-state index < -0.39 is 0 Å². The van der Waals surface area contributed by atoms with E-state index in [1.807, 2.05) is 25.3 Å². The van der Waals surface area contributed by atoms with Crippen LogP contribution in [0.25, 0.3) is 11.5 Å². The molecule has 0 amide bonds. The van der Waals surface area contributed by atoms with Gasteiger partial charge in [0.15, 0.2) is 5.82 Å². The molecule has 0 aromatic carbocycles. The van der Waals surface area contributed by atoms with Gasteiger partial charge in [0.05, 0.1) is 16.8 Å². The van der Waals surface area contributed by atoms with E-state index in [4.69, 9.17) is 4.74 Å². The highest BCUT2D eigenvalue weighted by Crippen LogP contribution is 2.27. The number of aromatic nitrogens is 3. The topological polar surface area (TPSA) is 59.9 Å². The van der Waals surface area contributed by atoms with E-state index in [2.05, 4.69) is 43.1 Å². The van der Waals surface area contributed by atoms with E-state index in [0.717, 1.165) is 40.2 Å². The van der Waals surface area contributed by atoms with Crippen LogP contribution in [0.2, 0.25) is 0 Å². The smallest absolute Gasteiger partial charge is 0.180 e. The van der Waals surface area contributed by atoms with Crippen LogP contribution < -0.4 is 5.32 Å². The zero-order valence-electron chi connectivity index (χ0n) is 12.5. The molecular formula is C15H19BrN4O. The molecular weight excluding hydrogens is 332 g/mol. The molecule has 0 saturated carbocycles. The Morgan fingerprint density at radius 2 is 2.10 bits per heavy atom. The molecule has 0 aliphatic heterocycles. The molecule has 2 rings (SSSR count). The number of rotatable bonds is 6. The molecule has 5 nitrogen and oxygen atoms in total. The van der Waals surface area contributed by atoms with Crippen molar-refractivity contribution in [1.29, 1.82) is 0 Å². The van der Waals surface area contributed by atoms with Crippen LogP contribution >= 0.6 is 15.9 Å². The lowest BCUT2D eigenvalue weighted by molar-refractivity contribution is 0.181. The summed E-state index contributed by atoms with van der Waals surface area (Å²) in [6.07, 6.45) is 2.84. The third-order valence-electron chi connectivity index (χ3n) is 2.88. The molecule has 0 aliphatic carbocycles. The molecule has 2 aromatic heterocycles. The number of halogens is 1. The minimum Gasteiger partial charge on any atom is -0.378 e. The second-order valence-electron chi connectivity index (χ2n) is 4.74. The summed E-state index contributed by atoms with van der Waals surface area (Å²) in [6.45, 7) is 5.38. The lowest BCUT2D eigenvalue weighted by Gasteiger charge is -2.12. The highest BCUT2D eigenvalue weighted by Gasteiger charge is 2.13. The monoisotopic (exact) mass is 350 g/mol. The Morgan fingerprint density at radius 1 is 1.29 bits per heavy atom. The van der Waals surface area contributed by atoms with Gasteiger partial charge in [-0.3, -0.25) is 4.98 Å². The summed E-state index contributed by atoms with van der Waals surface area (Å²) in [5.74, 6) is 1.38. The largest absolute Gasteiger partial charge is 0.378 e. The Labute approximate surface area is 133 Å². The first-order valence-electron chi connectivity index (χ1n) is 6.88. The number of anilines is 1. The standard InChI is InChI=1S/C15H19BrN4O/c1-4-7-17-15-13(16)12(9-21-3)19-14(20-15)11-6-5-10(2)8-18-11/h5-6,8H,4,7,9H2,1-3H3,(H,17,19,20). The van der Waals surface area contributed by atoms with Crippen molar-refractivity contribution >= 4 is 21.7 Å². The summed E-state index contributed by atoms with van der Waals surface area (Å²) in [5, 5.41) is 3.30. The highest BCUT2D eigenvalue weighted by atomic mass is 79.9. The Kier molecular flexibility index (Phi) is 5.64. The third kappa shape index (κ3) is 3.98. The molecule has 0 saturated heterocycles. The van der Waals surface area contributed by atoms with Crippen LogP contribution in [0.15, 0.2) is 22.8 Å². The van der Waals surface area contributed by atoms with E-state index in [1.54, 1.807) is 7.11 Å². The number of nitrogens with one attached hydrogen (secondary N) is 1. The molecule has 0 aliphatic rings. The first-order valence-corrected chi connectivity index (χ1v) is 7.67. The van der Waals surface area contributed by atoms with Crippen molar-refractivity contribution in [3.05, 3.63) is 34.1 Å². The van der Waals surface area contributed by atoms with Gasteiger partial charge in [0.25, 0.3) is 0 Å². The first kappa shape index (κ1) is 15.9. The molecule has 0 atom stereocenters. The molecule has 0 spiro atoms. The van der Waals surface area contributed by atoms with Crippen LogP contribution in [0.5, 0.6) is 0 Å². The normalized spacial score (nSPS) is 10.7. The second kappa shape index (κ2) is 7.47. The third-order valence-corrected chi connectivity index (χ3v) is 3.72. The Balaban J connectivity index is 2.44. The number of pyridine rings is 1. The Morgan fingerprint density at radius 3 is 2.71 bits per heavy atom. The number of nitrogens with zero attached hydrogens (tertiary/aromatic N) is 3. The van der Waals surface area contributed by atoms with Gasteiger partial charge in [-0.25, -0.2) is 9.97 Å². The number of hydrogen-bond acceptors (Lipinski definition) is 5. The maximum atomic E-state index is 5.21. The lowest BCUT2D eigenvalue weighted by Crippen LogP contribution is -2.08. The summed E-state index contributed by atoms with van der Waals surface area (Å²) in [7, 11) is 1.65. The molecule has 112 valence electrons. The van der Waals surface area contributed by atoms with Gasteiger partial charge >= 0.3 is 0 Å². The van der Waals surface area contributed by atoms with E-state index in [0.29, 0.717) is 12.4 Å². The van der Waals surface area contributed by atoms with E-state index >= 15 is 0 Å². The van der Waals surface area contributed by atoms with Gasteiger partial charge in [-0.1, -0.05) is 13.0 Å². The molecule has 2 aromatic rings. The Bertz CT molecular complexity index is 601. The predicted octanol–water partition coefficient (Wildman–Crippen LogP) is 3.58. The zero-order valence-corrected chi connectivity index (χ0v) is 14.1. The number of aryl methyl sites for hydroxylation is 1.